The van der Waals surface area contributed by atoms with Gasteiger partial charge in [0.2, 0.25) is 0 Å². The summed E-state index contributed by atoms with van der Waals surface area (Å²) in [7, 11) is 0. The van der Waals surface area contributed by atoms with Gasteiger partial charge < -0.3 is 4.98 Å². The number of ketones is 1. The first-order valence-electron chi connectivity index (χ1n) is 8.59. The Kier molecular flexibility index (Phi) is 4.51. The minimum absolute atomic E-state index is 0.145. The molecule has 0 unspecified atom stereocenters. The Bertz CT molecular complexity index is 1040. The minimum atomic E-state index is 0.145. The van der Waals surface area contributed by atoms with Crippen molar-refractivity contribution in [2.24, 2.45) is 0 Å². The molecule has 0 amide bonds. The van der Waals surface area contributed by atoms with Gasteiger partial charge in [-0.15, -0.1) is 0 Å². The van der Waals surface area contributed by atoms with E-state index in [0.29, 0.717) is 12.2 Å². The van der Waals surface area contributed by atoms with Crippen LogP contribution in [0.25, 0.3) is 22.3 Å². The number of nitrogens with zero attached hydrogens (tertiary/aromatic N) is 3. The number of pyridine rings is 1. The van der Waals surface area contributed by atoms with E-state index in [0.717, 1.165) is 28.7 Å². The predicted octanol–water partition coefficient (Wildman–Crippen LogP) is 3.76. The number of aryl methyl sites for hydroxylation is 1. The third-order valence-corrected chi connectivity index (χ3v) is 4.32. The SMILES string of the molecule is O=C(CCc1ccccc1)Cc1nccc(-c2c[nH]c3ncccc23)n1. The molecule has 4 aromatic rings. The third-order valence-electron chi connectivity index (χ3n) is 4.32. The topological polar surface area (TPSA) is 71.5 Å². The highest BCUT2D eigenvalue weighted by Gasteiger charge is 2.11. The molecule has 3 aromatic heterocycles. The zero-order valence-corrected chi connectivity index (χ0v) is 14.2. The number of benzene rings is 1. The third kappa shape index (κ3) is 3.52. The van der Waals surface area contributed by atoms with Crippen molar-refractivity contribution < 1.29 is 4.79 Å². The van der Waals surface area contributed by atoms with Crippen molar-refractivity contribution in [2.45, 2.75) is 19.3 Å². The number of carbonyl (C=O) groups is 1. The van der Waals surface area contributed by atoms with Crippen LogP contribution in [0.4, 0.5) is 0 Å². The molecule has 0 bridgehead atoms. The lowest BCUT2D eigenvalue weighted by Gasteiger charge is -2.04. The number of nitrogens with one attached hydrogen (secondary N) is 1. The number of carbonyl (C=O) groups excluding carboxylic acids is 1. The number of aromatic amines is 1. The second-order valence-corrected chi connectivity index (χ2v) is 6.16. The molecule has 0 saturated carbocycles. The maximum atomic E-state index is 12.3. The Labute approximate surface area is 151 Å². The molecule has 0 aliphatic carbocycles. The molecule has 0 fully saturated rings. The van der Waals surface area contributed by atoms with Crippen LogP contribution >= 0.6 is 0 Å². The zero-order chi connectivity index (χ0) is 17.8. The van der Waals surface area contributed by atoms with Gasteiger partial charge in [-0.3, -0.25) is 4.79 Å². The largest absolute Gasteiger partial charge is 0.345 e. The minimum Gasteiger partial charge on any atom is -0.345 e. The van der Waals surface area contributed by atoms with Crippen molar-refractivity contribution in [1.82, 2.24) is 19.9 Å². The van der Waals surface area contributed by atoms with Crippen LogP contribution in [0.15, 0.2) is 67.1 Å². The van der Waals surface area contributed by atoms with Gasteiger partial charge in [0.25, 0.3) is 0 Å². The number of rotatable bonds is 6. The second-order valence-electron chi connectivity index (χ2n) is 6.16. The summed E-state index contributed by atoms with van der Waals surface area (Å²) in [6, 6.07) is 15.8. The summed E-state index contributed by atoms with van der Waals surface area (Å²) in [5.41, 5.74) is 3.75. The van der Waals surface area contributed by atoms with Crippen molar-refractivity contribution in [3.8, 4) is 11.3 Å². The number of fused-ring (bicyclic) bond motifs is 1. The molecule has 0 atom stereocenters. The van der Waals surface area contributed by atoms with Crippen molar-refractivity contribution in [2.75, 3.05) is 0 Å². The van der Waals surface area contributed by atoms with Gasteiger partial charge in [-0.05, 0) is 30.2 Å². The van der Waals surface area contributed by atoms with Crippen LogP contribution in [-0.4, -0.2) is 25.7 Å². The molecule has 0 saturated heterocycles. The summed E-state index contributed by atoms with van der Waals surface area (Å²) in [5, 5.41) is 1.01. The Morgan fingerprint density at radius 1 is 0.962 bits per heavy atom. The van der Waals surface area contributed by atoms with E-state index < -0.39 is 0 Å². The van der Waals surface area contributed by atoms with Gasteiger partial charge in [0.05, 0.1) is 12.1 Å². The van der Waals surface area contributed by atoms with Gasteiger partial charge in [0.15, 0.2) is 0 Å². The molecular formula is C21H18N4O. The number of H-pyrrole nitrogens is 1. The monoisotopic (exact) mass is 342 g/mol. The Morgan fingerprint density at radius 2 is 1.85 bits per heavy atom. The summed E-state index contributed by atoms with van der Waals surface area (Å²) in [6.07, 6.45) is 6.83. The van der Waals surface area contributed by atoms with Crippen LogP contribution in [0.2, 0.25) is 0 Å². The molecule has 1 N–H and O–H groups in total. The highest BCUT2D eigenvalue weighted by Crippen LogP contribution is 2.25. The zero-order valence-electron chi connectivity index (χ0n) is 14.2. The lowest BCUT2D eigenvalue weighted by molar-refractivity contribution is -0.118. The Morgan fingerprint density at radius 3 is 2.73 bits per heavy atom. The number of hydrogen-bond acceptors (Lipinski definition) is 4. The maximum Gasteiger partial charge on any atom is 0.140 e. The molecule has 5 heteroatoms. The average molecular weight is 342 g/mol. The highest BCUT2D eigenvalue weighted by molar-refractivity contribution is 5.92. The van der Waals surface area contributed by atoms with Crippen LogP contribution in [0.1, 0.15) is 17.8 Å². The van der Waals surface area contributed by atoms with Crippen molar-refractivity contribution in [3.05, 3.63) is 78.5 Å². The fourth-order valence-electron chi connectivity index (χ4n) is 3.00. The van der Waals surface area contributed by atoms with E-state index in [-0.39, 0.29) is 12.2 Å². The molecule has 4 rings (SSSR count). The van der Waals surface area contributed by atoms with E-state index in [1.807, 2.05) is 54.7 Å². The first-order valence-corrected chi connectivity index (χ1v) is 8.59. The summed E-state index contributed by atoms with van der Waals surface area (Å²) in [5.74, 6) is 0.699. The van der Waals surface area contributed by atoms with Crippen LogP contribution in [0, 0.1) is 0 Å². The van der Waals surface area contributed by atoms with Gasteiger partial charge in [-0.25, -0.2) is 15.0 Å². The Hall–Kier alpha value is -3.34. The van der Waals surface area contributed by atoms with Gasteiger partial charge in [0, 0.05) is 36.0 Å². The molecule has 26 heavy (non-hydrogen) atoms. The van der Waals surface area contributed by atoms with E-state index in [2.05, 4.69) is 19.9 Å². The van der Waals surface area contributed by atoms with Crippen molar-refractivity contribution in [3.63, 3.8) is 0 Å². The quantitative estimate of drug-likeness (QED) is 0.579. The van der Waals surface area contributed by atoms with E-state index in [1.54, 1.807) is 12.4 Å². The van der Waals surface area contributed by atoms with Crippen LogP contribution < -0.4 is 0 Å². The predicted molar refractivity (Wildman–Crippen MR) is 101 cm³/mol. The summed E-state index contributed by atoms with van der Waals surface area (Å²) >= 11 is 0. The normalized spacial score (nSPS) is 10.9. The van der Waals surface area contributed by atoms with Crippen LogP contribution in [0.5, 0.6) is 0 Å². The summed E-state index contributed by atoms with van der Waals surface area (Å²) < 4.78 is 0. The fraction of sp³-hybridized carbons (Fsp3) is 0.143. The molecule has 0 radical (unpaired) electrons. The standard InChI is InChI=1S/C21H18N4O/c26-16(9-8-15-5-2-1-3-6-15)13-20-22-12-10-19(25-20)18-14-24-21-17(18)7-4-11-23-21/h1-7,10-12,14H,8-9,13H2,(H,23,24). The van der Waals surface area contributed by atoms with Crippen molar-refractivity contribution >= 4 is 16.8 Å². The Balaban J connectivity index is 1.48. The van der Waals surface area contributed by atoms with Crippen LogP contribution in [0.3, 0.4) is 0 Å². The lowest BCUT2D eigenvalue weighted by Crippen LogP contribution is -2.08. The molecule has 0 aliphatic heterocycles. The lowest BCUT2D eigenvalue weighted by atomic mass is 10.1. The van der Waals surface area contributed by atoms with Gasteiger partial charge >= 0.3 is 0 Å². The first kappa shape index (κ1) is 16.1. The molecular weight excluding hydrogens is 324 g/mol. The number of hydrogen-bond donors (Lipinski definition) is 1. The van der Waals surface area contributed by atoms with Gasteiger partial charge in [-0.2, -0.15) is 0 Å². The molecule has 0 aliphatic rings. The average Bonchev–Trinajstić information content (AvgIpc) is 3.12. The molecule has 3 heterocycles. The summed E-state index contributed by atoms with van der Waals surface area (Å²) in [6.45, 7) is 0. The molecule has 0 spiro atoms. The van der Waals surface area contributed by atoms with Gasteiger partial charge in [-0.1, -0.05) is 30.3 Å². The van der Waals surface area contributed by atoms with Crippen LogP contribution in [-0.2, 0) is 17.6 Å². The maximum absolute atomic E-state index is 12.3. The van der Waals surface area contributed by atoms with E-state index in [1.165, 1.54) is 5.56 Å². The van der Waals surface area contributed by atoms with Crippen molar-refractivity contribution in [1.29, 1.82) is 0 Å². The fourth-order valence-corrected chi connectivity index (χ4v) is 3.00. The van der Waals surface area contributed by atoms with E-state index in [9.17, 15) is 4.79 Å². The first-order chi connectivity index (χ1) is 12.8. The van der Waals surface area contributed by atoms with E-state index in [4.69, 9.17) is 0 Å². The smallest absolute Gasteiger partial charge is 0.140 e. The number of aromatic nitrogens is 4. The molecule has 1 aromatic carbocycles. The number of Topliss-reactive ketones (excluding diaryl/α,β-unsaturated/α-hetero) is 1. The molecule has 5 nitrogen and oxygen atoms in total. The summed E-state index contributed by atoms with van der Waals surface area (Å²) in [4.78, 5) is 28.6. The highest BCUT2D eigenvalue weighted by atomic mass is 16.1. The second kappa shape index (κ2) is 7.27. The van der Waals surface area contributed by atoms with Gasteiger partial charge in [0.1, 0.15) is 17.3 Å². The van der Waals surface area contributed by atoms with E-state index >= 15 is 0 Å². The molecule has 128 valence electrons.